The van der Waals surface area contributed by atoms with E-state index in [2.05, 4.69) is 22.4 Å². The van der Waals surface area contributed by atoms with Crippen LogP contribution >= 0.6 is 11.8 Å². The molecule has 0 fully saturated rings. The monoisotopic (exact) mass is 500 g/mol. The Kier molecular flexibility index (Phi) is 6.90. The Morgan fingerprint density at radius 3 is 2.72 bits per heavy atom. The Morgan fingerprint density at radius 2 is 1.92 bits per heavy atom. The first-order valence-electron chi connectivity index (χ1n) is 12.0. The van der Waals surface area contributed by atoms with Crippen molar-refractivity contribution < 1.29 is 9.53 Å². The summed E-state index contributed by atoms with van der Waals surface area (Å²) in [4.78, 5) is 12.6. The first kappa shape index (κ1) is 23.9. The van der Waals surface area contributed by atoms with Crippen LogP contribution in [0.4, 0.5) is 5.69 Å². The minimum absolute atomic E-state index is 0.0831. The summed E-state index contributed by atoms with van der Waals surface area (Å²) in [5.74, 6) is 1.01. The fraction of sp³-hybridized carbons (Fsp3) is 0.259. The molecule has 0 unspecified atom stereocenters. The van der Waals surface area contributed by atoms with Gasteiger partial charge in [-0.3, -0.25) is 9.20 Å². The highest BCUT2D eigenvalue weighted by Gasteiger charge is 2.15. The number of ether oxygens (including phenoxy) is 1. The van der Waals surface area contributed by atoms with E-state index in [0.29, 0.717) is 10.8 Å². The molecule has 1 amide bonds. The van der Waals surface area contributed by atoms with Gasteiger partial charge in [-0.25, -0.2) is 4.52 Å². The highest BCUT2D eigenvalue weighted by atomic mass is 32.2. The summed E-state index contributed by atoms with van der Waals surface area (Å²) < 4.78 is 9.45. The second-order valence-corrected chi connectivity index (χ2v) is 9.59. The number of aryl methyl sites for hydroxylation is 1. The molecule has 8 nitrogen and oxygen atoms in total. The van der Waals surface area contributed by atoms with Crippen LogP contribution in [0.5, 0.6) is 5.75 Å². The lowest BCUT2D eigenvalue weighted by Gasteiger charge is -2.09. The van der Waals surface area contributed by atoms with E-state index in [0.717, 1.165) is 58.8 Å². The van der Waals surface area contributed by atoms with E-state index >= 15 is 0 Å². The van der Waals surface area contributed by atoms with Gasteiger partial charge in [0.25, 0.3) is 0 Å². The number of anilines is 1. The third-order valence-electron chi connectivity index (χ3n) is 6.11. The smallest absolute Gasteiger partial charge is 0.234 e. The van der Waals surface area contributed by atoms with Gasteiger partial charge in [0.05, 0.1) is 18.1 Å². The summed E-state index contributed by atoms with van der Waals surface area (Å²) in [7, 11) is 0. The van der Waals surface area contributed by atoms with Crippen molar-refractivity contribution in [3.63, 3.8) is 0 Å². The van der Waals surface area contributed by atoms with Gasteiger partial charge in [-0.15, -0.1) is 10.2 Å². The maximum Gasteiger partial charge on any atom is 0.234 e. The van der Waals surface area contributed by atoms with Gasteiger partial charge in [0.15, 0.2) is 10.8 Å². The molecule has 0 spiro atoms. The molecule has 0 bridgehead atoms. The second-order valence-electron chi connectivity index (χ2n) is 8.64. The molecule has 1 N–H and O–H groups in total. The predicted octanol–water partition coefficient (Wildman–Crippen LogP) is 5.57. The number of hydrogen-bond donors (Lipinski definition) is 1. The molecule has 184 valence electrons. The van der Waals surface area contributed by atoms with Crippen LogP contribution < -0.4 is 10.1 Å². The molecule has 0 aliphatic rings. The summed E-state index contributed by atoms with van der Waals surface area (Å²) in [6.07, 6.45) is 5.89. The molecule has 0 saturated carbocycles. The maximum absolute atomic E-state index is 12.6. The minimum Gasteiger partial charge on any atom is -0.494 e. The summed E-state index contributed by atoms with van der Waals surface area (Å²) in [6.45, 7) is 6.91. The summed E-state index contributed by atoms with van der Waals surface area (Å²) >= 11 is 1.35. The maximum atomic E-state index is 12.6. The SMILES string of the molecule is CCCCOc1ccc(-c2cc3c4nnc(SCC(=O)Nc5cccc(C)c5C)n4ccn3n2)cc1. The number of unbranched alkanes of at least 4 members (excludes halogenated alkanes) is 1. The van der Waals surface area contributed by atoms with Crippen molar-refractivity contribution in [3.05, 3.63) is 72.1 Å². The van der Waals surface area contributed by atoms with E-state index in [1.807, 2.05) is 79.2 Å². The molecule has 0 atom stereocenters. The number of aromatic nitrogens is 5. The first-order valence-corrected chi connectivity index (χ1v) is 13.0. The Bertz CT molecular complexity index is 1520. The van der Waals surface area contributed by atoms with Gasteiger partial charge >= 0.3 is 0 Å². The summed E-state index contributed by atoms with van der Waals surface area (Å²) in [6, 6.07) is 15.9. The standard InChI is InChI=1S/C27H28N6O2S/c1-4-5-15-35-21-11-9-20(10-12-21)23-16-24-26-29-30-27(32(26)13-14-33(24)31-23)36-17-25(34)28-22-8-6-7-18(2)19(22)3/h6-14,16H,4-5,15,17H2,1-3H3,(H,28,34). The molecule has 0 saturated heterocycles. The van der Waals surface area contributed by atoms with Crippen LogP contribution in [0.15, 0.2) is 66.1 Å². The van der Waals surface area contributed by atoms with E-state index in [-0.39, 0.29) is 11.7 Å². The van der Waals surface area contributed by atoms with Crippen molar-refractivity contribution in [1.82, 2.24) is 24.2 Å². The van der Waals surface area contributed by atoms with E-state index in [1.54, 1.807) is 4.52 Å². The normalized spacial score (nSPS) is 11.3. The van der Waals surface area contributed by atoms with E-state index in [4.69, 9.17) is 9.84 Å². The lowest BCUT2D eigenvalue weighted by atomic mass is 10.1. The number of thioether (sulfide) groups is 1. The highest BCUT2D eigenvalue weighted by Crippen LogP contribution is 2.26. The summed E-state index contributed by atoms with van der Waals surface area (Å²) in [5.41, 5.74) is 6.42. The zero-order chi connectivity index (χ0) is 25.1. The van der Waals surface area contributed by atoms with Gasteiger partial charge in [0.2, 0.25) is 5.91 Å². The van der Waals surface area contributed by atoms with Crippen LogP contribution in [0, 0.1) is 13.8 Å². The van der Waals surface area contributed by atoms with Gasteiger partial charge < -0.3 is 10.1 Å². The fourth-order valence-corrected chi connectivity index (χ4v) is 4.61. The zero-order valence-corrected chi connectivity index (χ0v) is 21.4. The topological polar surface area (TPSA) is 85.8 Å². The van der Waals surface area contributed by atoms with Crippen LogP contribution in [-0.2, 0) is 4.79 Å². The van der Waals surface area contributed by atoms with Crippen LogP contribution in [0.25, 0.3) is 22.4 Å². The van der Waals surface area contributed by atoms with Crippen LogP contribution in [0.3, 0.4) is 0 Å². The molecule has 5 rings (SSSR count). The Hall–Kier alpha value is -3.85. The quantitative estimate of drug-likeness (QED) is 0.210. The lowest BCUT2D eigenvalue weighted by molar-refractivity contribution is -0.113. The second kappa shape index (κ2) is 10.4. The van der Waals surface area contributed by atoms with E-state index in [9.17, 15) is 4.79 Å². The molecule has 2 aromatic carbocycles. The number of nitrogens with one attached hydrogen (secondary N) is 1. The van der Waals surface area contributed by atoms with Gasteiger partial charge in [-0.1, -0.05) is 37.2 Å². The Balaban J connectivity index is 1.31. The molecule has 9 heteroatoms. The molecule has 0 aliphatic carbocycles. The molecule has 5 aromatic rings. The molecule has 0 radical (unpaired) electrons. The van der Waals surface area contributed by atoms with Crippen molar-refractivity contribution in [3.8, 4) is 17.0 Å². The van der Waals surface area contributed by atoms with Gasteiger partial charge in [0, 0.05) is 23.6 Å². The number of nitrogens with zero attached hydrogens (tertiary/aromatic N) is 5. The number of benzene rings is 2. The molecule has 3 aromatic heterocycles. The molecule has 0 aliphatic heterocycles. The number of hydrogen-bond acceptors (Lipinski definition) is 6. The minimum atomic E-state index is -0.0831. The molecular formula is C27H28N6O2S. The Labute approximate surface area is 213 Å². The predicted molar refractivity (Wildman–Crippen MR) is 143 cm³/mol. The lowest BCUT2D eigenvalue weighted by Crippen LogP contribution is -2.15. The molecule has 3 heterocycles. The van der Waals surface area contributed by atoms with Crippen LogP contribution in [0.2, 0.25) is 0 Å². The number of rotatable bonds is 9. The van der Waals surface area contributed by atoms with Gasteiger partial charge in [-0.2, -0.15) is 5.10 Å². The Morgan fingerprint density at radius 1 is 1.08 bits per heavy atom. The number of carbonyl (C=O) groups excluding carboxylic acids is 1. The molecular weight excluding hydrogens is 472 g/mol. The van der Waals surface area contributed by atoms with Crippen LogP contribution in [-0.4, -0.2) is 42.5 Å². The molecule has 36 heavy (non-hydrogen) atoms. The first-order chi connectivity index (χ1) is 17.5. The third-order valence-corrected chi connectivity index (χ3v) is 7.06. The average Bonchev–Trinajstić information content (AvgIpc) is 3.50. The zero-order valence-electron chi connectivity index (χ0n) is 20.6. The van der Waals surface area contributed by atoms with Crippen LogP contribution in [0.1, 0.15) is 30.9 Å². The van der Waals surface area contributed by atoms with Crippen molar-refractivity contribution in [2.75, 3.05) is 17.7 Å². The van der Waals surface area contributed by atoms with Crippen molar-refractivity contribution in [2.24, 2.45) is 0 Å². The van der Waals surface area contributed by atoms with E-state index in [1.165, 1.54) is 11.8 Å². The number of carbonyl (C=O) groups is 1. The fourth-order valence-electron chi connectivity index (χ4n) is 3.89. The van der Waals surface area contributed by atoms with Crippen molar-refractivity contribution >= 4 is 34.5 Å². The third kappa shape index (κ3) is 4.92. The average molecular weight is 501 g/mol. The highest BCUT2D eigenvalue weighted by molar-refractivity contribution is 7.99. The van der Waals surface area contributed by atoms with Crippen molar-refractivity contribution in [2.45, 2.75) is 38.8 Å². The van der Waals surface area contributed by atoms with Gasteiger partial charge in [0.1, 0.15) is 11.3 Å². The van der Waals surface area contributed by atoms with E-state index < -0.39 is 0 Å². The summed E-state index contributed by atoms with van der Waals surface area (Å²) in [5, 5.41) is 17.1. The van der Waals surface area contributed by atoms with Gasteiger partial charge in [-0.05, 0) is 67.8 Å². The largest absolute Gasteiger partial charge is 0.494 e. The number of fused-ring (bicyclic) bond motifs is 3. The number of amides is 1. The van der Waals surface area contributed by atoms with Crippen molar-refractivity contribution in [1.29, 1.82) is 0 Å².